The SMILES string of the molecule is C=C(/C=C\C)CNC(=O)c1noc(C(C)(C)C)n1. The maximum Gasteiger partial charge on any atom is 0.292 e. The van der Waals surface area contributed by atoms with Gasteiger partial charge in [0.15, 0.2) is 0 Å². The largest absolute Gasteiger partial charge is 0.345 e. The average molecular weight is 249 g/mol. The number of nitrogens with one attached hydrogen (secondary N) is 1. The highest BCUT2D eigenvalue weighted by molar-refractivity contribution is 5.90. The lowest BCUT2D eigenvalue weighted by Crippen LogP contribution is -2.26. The van der Waals surface area contributed by atoms with Crippen molar-refractivity contribution in [3.8, 4) is 0 Å². The van der Waals surface area contributed by atoms with Crippen LogP contribution in [0.5, 0.6) is 0 Å². The van der Waals surface area contributed by atoms with Gasteiger partial charge in [0.25, 0.3) is 11.7 Å². The maximum absolute atomic E-state index is 11.7. The molecule has 0 fully saturated rings. The summed E-state index contributed by atoms with van der Waals surface area (Å²) in [6.07, 6.45) is 3.69. The number of rotatable bonds is 4. The Morgan fingerprint density at radius 2 is 2.17 bits per heavy atom. The molecule has 0 saturated carbocycles. The van der Waals surface area contributed by atoms with Crippen LogP contribution in [0.25, 0.3) is 0 Å². The van der Waals surface area contributed by atoms with E-state index in [1.54, 1.807) is 0 Å². The molecule has 1 N–H and O–H groups in total. The van der Waals surface area contributed by atoms with Gasteiger partial charge >= 0.3 is 0 Å². The number of carbonyl (C=O) groups is 1. The van der Waals surface area contributed by atoms with Crippen LogP contribution in [0.2, 0.25) is 0 Å². The van der Waals surface area contributed by atoms with E-state index in [1.807, 2.05) is 39.8 Å². The van der Waals surface area contributed by atoms with Gasteiger partial charge < -0.3 is 9.84 Å². The van der Waals surface area contributed by atoms with E-state index in [-0.39, 0.29) is 17.1 Å². The molecule has 0 bridgehead atoms. The van der Waals surface area contributed by atoms with Crippen molar-refractivity contribution >= 4 is 5.91 Å². The highest BCUT2D eigenvalue weighted by atomic mass is 16.5. The Morgan fingerprint density at radius 1 is 1.50 bits per heavy atom. The van der Waals surface area contributed by atoms with E-state index in [2.05, 4.69) is 22.0 Å². The fraction of sp³-hybridized carbons (Fsp3) is 0.462. The Bertz CT molecular complexity index is 467. The van der Waals surface area contributed by atoms with Gasteiger partial charge in [-0.25, -0.2) is 0 Å². The molecule has 0 saturated heterocycles. The number of nitrogens with zero attached hydrogens (tertiary/aromatic N) is 2. The summed E-state index contributed by atoms with van der Waals surface area (Å²) >= 11 is 0. The zero-order valence-electron chi connectivity index (χ0n) is 11.3. The topological polar surface area (TPSA) is 68.0 Å². The van der Waals surface area contributed by atoms with Gasteiger partial charge in [-0.2, -0.15) is 4.98 Å². The van der Waals surface area contributed by atoms with E-state index in [1.165, 1.54) is 0 Å². The minimum atomic E-state index is -0.361. The first-order valence-electron chi connectivity index (χ1n) is 5.77. The number of aromatic nitrogens is 2. The average Bonchev–Trinajstić information content (AvgIpc) is 2.75. The summed E-state index contributed by atoms with van der Waals surface area (Å²) in [5.74, 6) is 0.132. The molecule has 0 unspecified atom stereocenters. The van der Waals surface area contributed by atoms with Crippen molar-refractivity contribution in [3.05, 3.63) is 36.0 Å². The molecule has 18 heavy (non-hydrogen) atoms. The first kappa shape index (κ1) is 14.2. The van der Waals surface area contributed by atoms with Gasteiger partial charge in [0, 0.05) is 12.0 Å². The Hall–Kier alpha value is -1.91. The summed E-state index contributed by atoms with van der Waals surface area (Å²) in [5, 5.41) is 6.33. The van der Waals surface area contributed by atoms with Crippen molar-refractivity contribution in [3.63, 3.8) is 0 Å². The van der Waals surface area contributed by atoms with Crippen LogP contribution in [0.1, 0.15) is 44.2 Å². The normalized spacial score (nSPS) is 11.8. The minimum Gasteiger partial charge on any atom is -0.345 e. The van der Waals surface area contributed by atoms with Gasteiger partial charge in [0.1, 0.15) is 0 Å². The van der Waals surface area contributed by atoms with Gasteiger partial charge in [0.2, 0.25) is 5.89 Å². The van der Waals surface area contributed by atoms with E-state index in [4.69, 9.17) is 4.52 Å². The van der Waals surface area contributed by atoms with Crippen LogP contribution in [-0.2, 0) is 5.41 Å². The monoisotopic (exact) mass is 249 g/mol. The molecule has 0 atom stereocenters. The summed E-state index contributed by atoms with van der Waals surface area (Å²) < 4.78 is 5.05. The van der Waals surface area contributed by atoms with E-state index in [9.17, 15) is 4.79 Å². The van der Waals surface area contributed by atoms with Gasteiger partial charge in [-0.15, -0.1) is 0 Å². The van der Waals surface area contributed by atoms with Crippen molar-refractivity contribution < 1.29 is 9.32 Å². The van der Waals surface area contributed by atoms with Gasteiger partial charge in [0.05, 0.1) is 0 Å². The van der Waals surface area contributed by atoms with E-state index < -0.39 is 0 Å². The van der Waals surface area contributed by atoms with Gasteiger partial charge in [-0.05, 0) is 12.5 Å². The molecular weight excluding hydrogens is 230 g/mol. The van der Waals surface area contributed by atoms with Crippen LogP contribution in [0.4, 0.5) is 0 Å². The third-order valence-electron chi connectivity index (χ3n) is 2.15. The number of allylic oxidation sites excluding steroid dienone is 1. The molecule has 1 amide bonds. The zero-order valence-corrected chi connectivity index (χ0v) is 11.3. The van der Waals surface area contributed by atoms with Crippen molar-refractivity contribution in [1.82, 2.24) is 15.5 Å². The first-order chi connectivity index (χ1) is 8.34. The second kappa shape index (κ2) is 5.62. The van der Waals surface area contributed by atoms with E-state index in [0.29, 0.717) is 12.4 Å². The molecule has 0 aromatic carbocycles. The van der Waals surface area contributed by atoms with E-state index in [0.717, 1.165) is 5.57 Å². The standard InChI is InChI=1S/C13H19N3O2/c1-6-7-9(2)8-14-11(17)10-15-12(18-16-10)13(3,4)5/h6-7H,2,8H2,1,3-5H3,(H,14,17)/b7-6-. The molecule has 98 valence electrons. The smallest absolute Gasteiger partial charge is 0.292 e. The molecule has 0 spiro atoms. The molecule has 0 aliphatic heterocycles. The molecule has 0 aliphatic rings. The summed E-state index contributed by atoms with van der Waals surface area (Å²) in [6, 6.07) is 0. The second-order valence-electron chi connectivity index (χ2n) is 5.01. The fourth-order valence-electron chi connectivity index (χ4n) is 1.19. The first-order valence-corrected chi connectivity index (χ1v) is 5.77. The highest BCUT2D eigenvalue weighted by Gasteiger charge is 2.23. The third-order valence-corrected chi connectivity index (χ3v) is 2.15. The number of hydrogen-bond acceptors (Lipinski definition) is 4. The fourth-order valence-corrected chi connectivity index (χ4v) is 1.19. The summed E-state index contributed by atoms with van der Waals surface area (Å²) in [4.78, 5) is 15.8. The zero-order chi connectivity index (χ0) is 13.8. The third kappa shape index (κ3) is 3.84. The van der Waals surface area contributed by atoms with Crippen LogP contribution >= 0.6 is 0 Å². The predicted molar refractivity (Wildman–Crippen MR) is 69.3 cm³/mol. The minimum absolute atomic E-state index is 0.0493. The summed E-state index contributed by atoms with van der Waals surface area (Å²) in [5.41, 5.74) is 0.547. The highest BCUT2D eigenvalue weighted by Crippen LogP contribution is 2.19. The second-order valence-corrected chi connectivity index (χ2v) is 5.01. The molecule has 5 nitrogen and oxygen atoms in total. The van der Waals surface area contributed by atoms with Crippen LogP contribution in [0.3, 0.4) is 0 Å². The molecular formula is C13H19N3O2. The molecule has 0 aliphatic carbocycles. The Morgan fingerprint density at radius 3 is 2.67 bits per heavy atom. The van der Waals surface area contributed by atoms with Crippen LogP contribution in [-0.4, -0.2) is 22.6 Å². The van der Waals surface area contributed by atoms with Crippen LogP contribution in [0.15, 0.2) is 28.8 Å². The maximum atomic E-state index is 11.7. The van der Waals surface area contributed by atoms with Crippen molar-refractivity contribution in [1.29, 1.82) is 0 Å². The van der Waals surface area contributed by atoms with Crippen LogP contribution < -0.4 is 5.32 Å². The van der Waals surface area contributed by atoms with Gasteiger partial charge in [-0.1, -0.05) is 44.7 Å². The lowest BCUT2D eigenvalue weighted by atomic mass is 9.97. The summed E-state index contributed by atoms with van der Waals surface area (Å²) in [6.45, 7) is 11.9. The quantitative estimate of drug-likeness (QED) is 0.831. The Kier molecular flexibility index (Phi) is 4.42. The van der Waals surface area contributed by atoms with Crippen molar-refractivity contribution in [2.75, 3.05) is 6.54 Å². The molecule has 0 radical (unpaired) electrons. The predicted octanol–water partition coefficient (Wildman–Crippen LogP) is 2.23. The molecule has 1 rings (SSSR count). The number of hydrogen-bond donors (Lipinski definition) is 1. The Labute approximate surface area is 107 Å². The van der Waals surface area contributed by atoms with E-state index >= 15 is 0 Å². The number of amides is 1. The van der Waals surface area contributed by atoms with Crippen molar-refractivity contribution in [2.24, 2.45) is 0 Å². The molecule has 5 heteroatoms. The van der Waals surface area contributed by atoms with Crippen molar-refractivity contribution in [2.45, 2.75) is 33.1 Å². The Balaban J connectivity index is 2.63. The van der Waals surface area contributed by atoms with Crippen LogP contribution in [0, 0.1) is 0 Å². The molecule has 1 aromatic heterocycles. The summed E-state index contributed by atoms with van der Waals surface area (Å²) in [7, 11) is 0. The molecule has 1 heterocycles. The number of carbonyl (C=O) groups excluding carboxylic acids is 1. The lowest BCUT2D eigenvalue weighted by Gasteiger charge is -2.10. The van der Waals surface area contributed by atoms with Gasteiger partial charge in [-0.3, -0.25) is 4.79 Å². The lowest BCUT2D eigenvalue weighted by molar-refractivity contribution is 0.0944. The molecule has 1 aromatic rings.